The van der Waals surface area contributed by atoms with Crippen molar-refractivity contribution in [2.45, 2.75) is 33.6 Å². The molecule has 19 heavy (non-hydrogen) atoms. The number of carbonyl (C=O) groups is 1. The molecule has 1 aromatic rings. The minimum absolute atomic E-state index is 0.350. The van der Waals surface area contributed by atoms with E-state index in [0.717, 1.165) is 18.4 Å². The molecule has 0 atom stereocenters. The average molecular weight is 279 g/mol. The van der Waals surface area contributed by atoms with Gasteiger partial charge in [-0.15, -0.1) is 0 Å². The third kappa shape index (κ3) is 6.82. The SMILES string of the molecule is CC(C)=CCC/C(C)=C/C(=O)Oc1ccc(Cl)cc1. The van der Waals surface area contributed by atoms with Gasteiger partial charge >= 0.3 is 5.97 Å². The Labute approximate surface area is 119 Å². The summed E-state index contributed by atoms with van der Waals surface area (Å²) in [4.78, 5) is 11.7. The minimum Gasteiger partial charge on any atom is -0.423 e. The standard InChI is InChI=1S/C16H19ClO2/c1-12(2)5-4-6-13(3)11-16(18)19-15-9-7-14(17)8-10-15/h5,7-11H,4,6H2,1-3H3/b13-11+. The first-order valence-electron chi connectivity index (χ1n) is 6.25. The number of hydrogen-bond acceptors (Lipinski definition) is 2. The van der Waals surface area contributed by atoms with Crippen molar-refractivity contribution in [1.82, 2.24) is 0 Å². The molecule has 0 aliphatic heterocycles. The van der Waals surface area contributed by atoms with E-state index in [2.05, 4.69) is 19.9 Å². The molecule has 2 nitrogen and oxygen atoms in total. The zero-order chi connectivity index (χ0) is 14.3. The Morgan fingerprint density at radius 2 is 1.84 bits per heavy atom. The van der Waals surface area contributed by atoms with Gasteiger partial charge in [-0.25, -0.2) is 4.79 Å². The van der Waals surface area contributed by atoms with Gasteiger partial charge in [0.2, 0.25) is 0 Å². The first kappa shape index (κ1) is 15.5. The summed E-state index contributed by atoms with van der Waals surface area (Å²) < 4.78 is 5.18. The lowest BCUT2D eigenvalue weighted by molar-refractivity contribution is -0.129. The van der Waals surface area contributed by atoms with Gasteiger partial charge in [-0.05, 0) is 57.9 Å². The van der Waals surface area contributed by atoms with Crippen molar-refractivity contribution >= 4 is 17.6 Å². The maximum Gasteiger partial charge on any atom is 0.336 e. The van der Waals surface area contributed by atoms with E-state index in [1.807, 2.05) is 6.92 Å². The number of benzene rings is 1. The smallest absolute Gasteiger partial charge is 0.336 e. The number of ether oxygens (including phenoxy) is 1. The third-order valence-corrected chi connectivity index (χ3v) is 2.74. The summed E-state index contributed by atoms with van der Waals surface area (Å²) in [6.07, 6.45) is 5.50. The van der Waals surface area contributed by atoms with Crippen LogP contribution >= 0.6 is 11.6 Å². The largest absolute Gasteiger partial charge is 0.423 e. The number of hydrogen-bond donors (Lipinski definition) is 0. The maximum absolute atomic E-state index is 11.7. The summed E-state index contributed by atoms with van der Waals surface area (Å²) in [5.41, 5.74) is 2.30. The summed E-state index contributed by atoms with van der Waals surface area (Å²) >= 11 is 5.76. The molecule has 0 unspecified atom stereocenters. The van der Waals surface area contributed by atoms with E-state index in [1.165, 1.54) is 11.6 Å². The van der Waals surface area contributed by atoms with E-state index in [4.69, 9.17) is 16.3 Å². The van der Waals surface area contributed by atoms with Gasteiger partial charge in [-0.3, -0.25) is 0 Å². The van der Waals surface area contributed by atoms with Crippen LogP contribution in [0.3, 0.4) is 0 Å². The molecular formula is C16H19ClO2. The summed E-state index contributed by atoms with van der Waals surface area (Å²) in [6, 6.07) is 6.73. The second-order valence-corrected chi connectivity index (χ2v) is 5.12. The van der Waals surface area contributed by atoms with Crippen LogP contribution in [0.15, 0.2) is 47.6 Å². The monoisotopic (exact) mass is 278 g/mol. The fraction of sp³-hybridized carbons (Fsp3) is 0.312. The quantitative estimate of drug-likeness (QED) is 0.330. The second-order valence-electron chi connectivity index (χ2n) is 4.69. The topological polar surface area (TPSA) is 26.3 Å². The van der Waals surface area contributed by atoms with Gasteiger partial charge in [0.15, 0.2) is 0 Å². The molecule has 0 radical (unpaired) electrons. The van der Waals surface area contributed by atoms with Gasteiger partial charge in [-0.1, -0.05) is 28.8 Å². The lowest BCUT2D eigenvalue weighted by Crippen LogP contribution is -2.04. The number of halogens is 1. The zero-order valence-corrected chi connectivity index (χ0v) is 12.3. The first-order chi connectivity index (χ1) is 8.97. The highest BCUT2D eigenvalue weighted by Crippen LogP contribution is 2.16. The Balaban J connectivity index is 2.49. The molecule has 0 aromatic heterocycles. The third-order valence-electron chi connectivity index (χ3n) is 2.49. The number of rotatable bonds is 5. The molecule has 102 valence electrons. The number of allylic oxidation sites excluding steroid dienone is 3. The zero-order valence-electron chi connectivity index (χ0n) is 11.6. The summed E-state index contributed by atoms with van der Waals surface area (Å²) in [6.45, 7) is 6.06. The molecule has 0 saturated heterocycles. The number of carbonyl (C=O) groups excluding carboxylic acids is 1. The Morgan fingerprint density at radius 3 is 2.42 bits per heavy atom. The molecule has 1 rings (SSSR count). The van der Waals surface area contributed by atoms with Crippen molar-refractivity contribution < 1.29 is 9.53 Å². The van der Waals surface area contributed by atoms with Crippen molar-refractivity contribution in [3.63, 3.8) is 0 Å². The summed E-state index contributed by atoms with van der Waals surface area (Å²) in [7, 11) is 0. The van der Waals surface area contributed by atoms with E-state index in [1.54, 1.807) is 24.3 Å². The van der Waals surface area contributed by atoms with Gasteiger partial charge in [0.25, 0.3) is 0 Å². The molecule has 0 spiro atoms. The molecule has 0 aliphatic carbocycles. The fourth-order valence-electron chi connectivity index (χ4n) is 1.51. The van der Waals surface area contributed by atoms with Crippen molar-refractivity contribution in [2.24, 2.45) is 0 Å². The van der Waals surface area contributed by atoms with Crippen LogP contribution in [0.5, 0.6) is 5.75 Å². The van der Waals surface area contributed by atoms with Gasteiger partial charge in [0.05, 0.1) is 0 Å². The van der Waals surface area contributed by atoms with Crippen LogP contribution in [0.1, 0.15) is 33.6 Å². The molecule has 0 fully saturated rings. The molecule has 1 aromatic carbocycles. The highest BCUT2D eigenvalue weighted by molar-refractivity contribution is 6.30. The van der Waals surface area contributed by atoms with Crippen LogP contribution in [0.4, 0.5) is 0 Å². The van der Waals surface area contributed by atoms with Crippen molar-refractivity contribution in [1.29, 1.82) is 0 Å². The predicted octanol–water partition coefficient (Wildman–Crippen LogP) is 4.94. The molecule has 0 amide bonds. The van der Waals surface area contributed by atoms with E-state index in [9.17, 15) is 4.79 Å². The van der Waals surface area contributed by atoms with Crippen molar-refractivity contribution in [3.05, 3.63) is 52.6 Å². The highest BCUT2D eigenvalue weighted by atomic mass is 35.5. The Morgan fingerprint density at radius 1 is 1.21 bits per heavy atom. The van der Waals surface area contributed by atoms with E-state index < -0.39 is 0 Å². The average Bonchev–Trinajstić information content (AvgIpc) is 2.31. The van der Waals surface area contributed by atoms with Crippen LogP contribution < -0.4 is 4.74 Å². The van der Waals surface area contributed by atoms with Gasteiger partial charge in [-0.2, -0.15) is 0 Å². The molecule has 0 saturated carbocycles. The lowest BCUT2D eigenvalue weighted by atomic mass is 10.1. The fourth-order valence-corrected chi connectivity index (χ4v) is 1.64. The molecule has 3 heteroatoms. The molecular weight excluding hydrogens is 260 g/mol. The summed E-state index contributed by atoms with van der Waals surface area (Å²) in [5.74, 6) is 0.153. The van der Waals surface area contributed by atoms with Gasteiger partial charge in [0, 0.05) is 11.1 Å². The Kier molecular flexibility index (Phi) is 6.37. The van der Waals surface area contributed by atoms with Crippen LogP contribution in [-0.2, 0) is 4.79 Å². The van der Waals surface area contributed by atoms with Crippen molar-refractivity contribution in [2.75, 3.05) is 0 Å². The second kappa shape index (κ2) is 7.80. The van der Waals surface area contributed by atoms with E-state index >= 15 is 0 Å². The Hall–Kier alpha value is -1.54. The van der Waals surface area contributed by atoms with Crippen molar-refractivity contribution in [3.8, 4) is 5.75 Å². The minimum atomic E-state index is -0.350. The molecule has 0 aliphatic rings. The maximum atomic E-state index is 11.7. The molecule has 0 heterocycles. The van der Waals surface area contributed by atoms with Gasteiger partial charge in [0.1, 0.15) is 5.75 Å². The van der Waals surface area contributed by atoms with Crippen LogP contribution in [0.2, 0.25) is 5.02 Å². The first-order valence-corrected chi connectivity index (χ1v) is 6.63. The normalized spacial score (nSPS) is 11.1. The molecule has 0 N–H and O–H groups in total. The van der Waals surface area contributed by atoms with Crippen LogP contribution in [-0.4, -0.2) is 5.97 Å². The van der Waals surface area contributed by atoms with Crippen LogP contribution in [0.25, 0.3) is 0 Å². The predicted molar refractivity (Wildman–Crippen MR) is 79.5 cm³/mol. The Bertz CT molecular complexity index is 480. The van der Waals surface area contributed by atoms with E-state index in [-0.39, 0.29) is 5.97 Å². The number of esters is 1. The van der Waals surface area contributed by atoms with Gasteiger partial charge < -0.3 is 4.74 Å². The summed E-state index contributed by atoms with van der Waals surface area (Å²) in [5, 5.41) is 0.619. The highest BCUT2D eigenvalue weighted by Gasteiger charge is 2.02. The molecule has 0 bridgehead atoms. The lowest BCUT2D eigenvalue weighted by Gasteiger charge is -2.02. The van der Waals surface area contributed by atoms with E-state index in [0.29, 0.717) is 10.8 Å². The van der Waals surface area contributed by atoms with Crippen LogP contribution in [0, 0.1) is 0 Å².